The molecule has 1 aromatic heterocycles. The highest BCUT2D eigenvalue weighted by Gasteiger charge is 2.25. The van der Waals surface area contributed by atoms with Crippen LogP contribution in [-0.2, 0) is 12.8 Å². The van der Waals surface area contributed by atoms with E-state index in [4.69, 9.17) is 14.2 Å². The average molecular weight is 398 g/mol. The van der Waals surface area contributed by atoms with Gasteiger partial charge in [0.05, 0.1) is 21.3 Å². The van der Waals surface area contributed by atoms with Gasteiger partial charge in [-0.3, -0.25) is 4.79 Å². The highest BCUT2D eigenvalue weighted by Crippen LogP contribution is 2.38. The van der Waals surface area contributed by atoms with Crippen LogP contribution < -0.4 is 19.5 Å². The molecule has 1 heterocycles. The van der Waals surface area contributed by atoms with Gasteiger partial charge in [0.25, 0.3) is 5.91 Å². The number of aryl methyl sites for hydroxylation is 1. The van der Waals surface area contributed by atoms with E-state index in [2.05, 4.69) is 10.3 Å². The average Bonchev–Trinajstić information content (AvgIpc) is 3.09. The Morgan fingerprint density at radius 2 is 1.83 bits per heavy atom. The van der Waals surface area contributed by atoms with Gasteiger partial charge in [0.1, 0.15) is 5.82 Å². The third kappa shape index (κ3) is 3.48. The number of nitrogens with one attached hydrogen (secondary N) is 2. The second-order valence-corrected chi connectivity index (χ2v) is 7.10. The molecule has 0 radical (unpaired) electrons. The number of methoxy groups -OCH3 is 3. The first kappa shape index (κ1) is 19.1. The lowest BCUT2D eigenvalue weighted by atomic mass is 9.91. The zero-order chi connectivity index (χ0) is 20.5. The summed E-state index contributed by atoms with van der Waals surface area (Å²) in [5.41, 5.74) is 3.49. The summed E-state index contributed by atoms with van der Waals surface area (Å²) < 4.78 is 29.5. The molecule has 1 unspecified atom stereocenters. The van der Waals surface area contributed by atoms with Gasteiger partial charge in [-0.05, 0) is 55.2 Å². The predicted molar refractivity (Wildman–Crippen MR) is 108 cm³/mol. The summed E-state index contributed by atoms with van der Waals surface area (Å²) in [6, 6.07) is 8.03. The van der Waals surface area contributed by atoms with Crippen LogP contribution >= 0.6 is 0 Å². The molecular formula is C22H23FN2O4. The molecule has 0 saturated carbocycles. The van der Waals surface area contributed by atoms with Gasteiger partial charge in [-0.1, -0.05) is 0 Å². The Morgan fingerprint density at radius 3 is 2.48 bits per heavy atom. The van der Waals surface area contributed by atoms with Crippen molar-refractivity contribution in [2.45, 2.75) is 25.3 Å². The van der Waals surface area contributed by atoms with Crippen LogP contribution in [0, 0.1) is 5.82 Å². The molecule has 0 saturated heterocycles. The largest absolute Gasteiger partial charge is 0.493 e. The fraction of sp³-hybridized carbons (Fsp3) is 0.318. The number of hydrogen-bond acceptors (Lipinski definition) is 4. The fourth-order valence-electron chi connectivity index (χ4n) is 4.00. The molecule has 29 heavy (non-hydrogen) atoms. The van der Waals surface area contributed by atoms with Gasteiger partial charge in [-0.25, -0.2) is 4.39 Å². The Hall–Kier alpha value is -3.22. The number of rotatable bonds is 5. The van der Waals surface area contributed by atoms with Crippen molar-refractivity contribution >= 4 is 16.8 Å². The zero-order valence-corrected chi connectivity index (χ0v) is 16.6. The summed E-state index contributed by atoms with van der Waals surface area (Å²) in [7, 11) is 4.55. The van der Waals surface area contributed by atoms with Crippen molar-refractivity contribution in [2.75, 3.05) is 21.3 Å². The number of ether oxygens (including phenoxy) is 3. The number of fused-ring (bicyclic) bond motifs is 3. The van der Waals surface area contributed by atoms with E-state index >= 15 is 0 Å². The lowest BCUT2D eigenvalue weighted by Crippen LogP contribution is -2.38. The van der Waals surface area contributed by atoms with Crippen LogP contribution in [0.25, 0.3) is 10.9 Å². The van der Waals surface area contributed by atoms with Crippen LogP contribution in [-0.4, -0.2) is 38.3 Å². The van der Waals surface area contributed by atoms with Crippen molar-refractivity contribution in [3.05, 3.63) is 53.0 Å². The Kier molecular flexibility index (Phi) is 5.05. The van der Waals surface area contributed by atoms with E-state index in [1.54, 1.807) is 18.2 Å². The van der Waals surface area contributed by atoms with Gasteiger partial charge in [-0.2, -0.15) is 0 Å². The van der Waals surface area contributed by atoms with Crippen molar-refractivity contribution in [3.63, 3.8) is 0 Å². The molecule has 0 spiro atoms. The van der Waals surface area contributed by atoms with Crippen molar-refractivity contribution < 1.29 is 23.4 Å². The summed E-state index contributed by atoms with van der Waals surface area (Å²) in [5, 5.41) is 4.11. The maximum Gasteiger partial charge on any atom is 0.251 e. The van der Waals surface area contributed by atoms with Gasteiger partial charge in [-0.15, -0.1) is 0 Å². The molecule has 1 amide bonds. The van der Waals surface area contributed by atoms with Gasteiger partial charge >= 0.3 is 0 Å². The predicted octanol–water partition coefficient (Wildman–Crippen LogP) is 3.62. The smallest absolute Gasteiger partial charge is 0.251 e. The molecule has 1 atom stereocenters. The minimum Gasteiger partial charge on any atom is -0.493 e. The number of amides is 1. The van der Waals surface area contributed by atoms with Crippen molar-refractivity contribution in [1.82, 2.24) is 10.3 Å². The minimum absolute atomic E-state index is 0.0156. The Bertz CT molecular complexity index is 1050. The second-order valence-electron chi connectivity index (χ2n) is 7.10. The molecule has 1 aliphatic carbocycles. The third-order valence-corrected chi connectivity index (χ3v) is 5.41. The molecule has 7 heteroatoms. The molecule has 0 aliphatic heterocycles. The minimum atomic E-state index is -0.261. The topological polar surface area (TPSA) is 72.6 Å². The SMILES string of the molecule is COc1cc(C(=O)NC2CCc3[nH]c4cc(F)ccc4c3C2)cc(OC)c1OC. The number of aromatic nitrogens is 1. The van der Waals surface area contributed by atoms with Gasteiger partial charge in [0.2, 0.25) is 5.75 Å². The maximum atomic E-state index is 13.5. The van der Waals surface area contributed by atoms with Crippen LogP contribution in [0.3, 0.4) is 0 Å². The number of hydrogen-bond donors (Lipinski definition) is 2. The van der Waals surface area contributed by atoms with Gasteiger partial charge < -0.3 is 24.5 Å². The van der Waals surface area contributed by atoms with Gasteiger partial charge in [0.15, 0.2) is 11.5 Å². The summed E-state index contributed by atoms with van der Waals surface area (Å²) in [5.74, 6) is 0.843. The molecule has 2 N–H and O–H groups in total. The lowest BCUT2D eigenvalue weighted by Gasteiger charge is -2.24. The van der Waals surface area contributed by atoms with Crippen LogP contribution in [0.1, 0.15) is 28.0 Å². The first-order chi connectivity index (χ1) is 14.0. The van der Waals surface area contributed by atoms with Crippen molar-refractivity contribution in [2.24, 2.45) is 0 Å². The highest BCUT2D eigenvalue weighted by molar-refractivity contribution is 5.96. The normalized spacial score (nSPS) is 15.7. The van der Waals surface area contributed by atoms with E-state index in [0.29, 0.717) is 29.2 Å². The molecule has 6 nitrogen and oxygen atoms in total. The quantitative estimate of drug-likeness (QED) is 0.689. The van der Waals surface area contributed by atoms with Crippen molar-refractivity contribution in [3.8, 4) is 17.2 Å². The number of benzene rings is 2. The summed E-state index contributed by atoms with van der Waals surface area (Å²) in [6.45, 7) is 0. The molecule has 3 aromatic rings. The zero-order valence-electron chi connectivity index (χ0n) is 16.6. The monoisotopic (exact) mass is 398 g/mol. The molecule has 152 valence electrons. The van der Waals surface area contributed by atoms with Crippen molar-refractivity contribution in [1.29, 1.82) is 0 Å². The van der Waals surface area contributed by atoms with E-state index in [9.17, 15) is 9.18 Å². The molecule has 1 aliphatic rings. The molecular weight excluding hydrogens is 375 g/mol. The van der Waals surface area contributed by atoms with Crippen LogP contribution in [0.4, 0.5) is 4.39 Å². The summed E-state index contributed by atoms with van der Waals surface area (Å²) in [4.78, 5) is 16.2. The van der Waals surface area contributed by atoms with E-state index in [1.165, 1.54) is 33.5 Å². The van der Waals surface area contributed by atoms with Gasteiger partial charge in [0, 0.05) is 28.2 Å². The number of carbonyl (C=O) groups is 1. The van der Waals surface area contributed by atoms with E-state index in [-0.39, 0.29) is 17.8 Å². The fourth-order valence-corrected chi connectivity index (χ4v) is 4.00. The van der Waals surface area contributed by atoms with Crippen LogP contribution in [0.2, 0.25) is 0 Å². The molecule has 0 fully saturated rings. The highest BCUT2D eigenvalue weighted by atomic mass is 19.1. The standard InChI is InChI=1S/C22H23FN2O4/c1-27-19-8-12(9-20(28-2)21(19)29-3)22(26)24-14-5-7-17-16(11-14)15-6-4-13(23)10-18(15)25-17/h4,6,8-10,14,25H,5,7,11H2,1-3H3,(H,24,26). The van der Waals surface area contributed by atoms with Crippen LogP contribution in [0.5, 0.6) is 17.2 Å². The van der Waals surface area contributed by atoms with E-state index in [1.807, 2.05) is 0 Å². The van der Waals surface area contributed by atoms with Crippen LogP contribution in [0.15, 0.2) is 30.3 Å². The Balaban J connectivity index is 1.56. The number of aromatic amines is 1. The molecule has 4 rings (SSSR count). The summed E-state index contributed by atoms with van der Waals surface area (Å²) in [6.07, 6.45) is 2.29. The Labute approximate surface area is 168 Å². The summed E-state index contributed by atoms with van der Waals surface area (Å²) >= 11 is 0. The maximum absolute atomic E-state index is 13.5. The first-order valence-electron chi connectivity index (χ1n) is 9.44. The van der Waals surface area contributed by atoms with E-state index in [0.717, 1.165) is 35.0 Å². The second kappa shape index (κ2) is 7.66. The number of halogens is 1. The molecule has 0 bridgehead atoms. The first-order valence-corrected chi connectivity index (χ1v) is 9.44. The third-order valence-electron chi connectivity index (χ3n) is 5.41. The molecule has 2 aromatic carbocycles. The number of H-pyrrole nitrogens is 1. The number of carbonyl (C=O) groups excluding carboxylic acids is 1. The van der Waals surface area contributed by atoms with E-state index < -0.39 is 0 Å². The lowest BCUT2D eigenvalue weighted by molar-refractivity contribution is 0.0933. The Morgan fingerprint density at radius 1 is 1.10 bits per heavy atom.